The van der Waals surface area contributed by atoms with Gasteiger partial charge in [-0.2, -0.15) is 4.31 Å². The number of sulfonamides is 1. The molecule has 1 fully saturated rings. The van der Waals surface area contributed by atoms with E-state index in [9.17, 15) is 8.42 Å². The SMILES string of the molecule is CCN1CCN(S(=O)(=O)c2cc(C)c(C)c(N)c2)CC1C. The lowest BCUT2D eigenvalue weighted by Gasteiger charge is -2.38. The van der Waals surface area contributed by atoms with Crippen LogP contribution in [0.2, 0.25) is 0 Å². The highest BCUT2D eigenvalue weighted by Gasteiger charge is 2.31. The van der Waals surface area contributed by atoms with Crippen LogP contribution in [-0.4, -0.2) is 49.8 Å². The number of nitrogens with zero attached hydrogens (tertiary/aromatic N) is 2. The summed E-state index contributed by atoms with van der Waals surface area (Å²) in [5.41, 5.74) is 8.32. The molecular weight excluding hydrogens is 286 g/mol. The molecule has 0 aliphatic carbocycles. The molecule has 1 unspecified atom stereocenters. The van der Waals surface area contributed by atoms with Crippen LogP contribution in [0.5, 0.6) is 0 Å². The van der Waals surface area contributed by atoms with E-state index in [0.717, 1.165) is 24.2 Å². The second-order valence-electron chi connectivity index (χ2n) is 5.80. The summed E-state index contributed by atoms with van der Waals surface area (Å²) in [4.78, 5) is 2.60. The molecule has 0 saturated carbocycles. The highest BCUT2D eigenvalue weighted by molar-refractivity contribution is 7.89. The number of anilines is 1. The fourth-order valence-corrected chi connectivity index (χ4v) is 4.43. The number of likely N-dealkylation sites (N-methyl/N-ethyl adjacent to an activating group) is 1. The molecule has 118 valence electrons. The number of hydrogen-bond acceptors (Lipinski definition) is 4. The number of nitrogen functional groups attached to an aromatic ring is 1. The van der Waals surface area contributed by atoms with Gasteiger partial charge in [0.1, 0.15) is 0 Å². The predicted octanol–water partition coefficient (Wildman–Crippen LogP) is 1.60. The van der Waals surface area contributed by atoms with Gasteiger partial charge in [0.05, 0.1) is 4.90 Å². The van der Waals surface area contributed by atoms with Crippen LogP contribution in [0, 0.1) is 13.8 Å². The van der Waals surface area contributed by atoms with Crippen LogP contribution in [0.3, 0.4) is 0 Å². The predicted molar refractivity (Wildman–Crippen MR) is 85.8 cm³/mol. The lowest BCUT2D eigenvalue weighted by atomic mass is 10.1. The first-order valence-electron chi connectivity index (χ1n) is 7.38. The number of piperazine rings is 1. The summed E-state index contributed by atoms with van der Waals surface area (Å²) in [6.07, 6.45) is 0. The highest BCUT2D eigenvalue weighted by atomic mass is 32.2. The van der Waals surface area contributed by atoms with Crippen LogP contribution in [0.15, 0.2) is 17.0 Å². The van der Waals surface area contributed by atoms with Crippen molar-refractivity contribution in [2.45, 2.75) is 38.6 Å². The third-order valence-corrected chi connectivity index (χ3v) is 6.30. The number of rotatable bonds is 3. The van der Waals surface area contributed by atoms with Crippen molar-refractivity contribution in [2.24, 2.45) is 0 Å². The van der Waals surface area contributed by atoms with Gasteiger partial charge >= 0.3 is 0 Å². The van der Waals surface area contributed by atoms with Crippen LogP contribution in [0.25, 0.3) is 0 Å². The van der Waals surface area contributed by atoms with Crippen molar-refractivity contribution in [3.8, 4) is 0 Å². The largest absolute Gasteiger partial charge is 0.398 e. The topological polar surface area (TPSA) is 66.6 Å². The normalized spacial score (nSPS) is 21.6. The Labute approximate surface area is 127 Å². The Hall–Kier alpha value is -1.11. The maximum atomic E-state index is 12.8. The third-order valence-electron chi connectivity index (χ3n) is 4.45. The van der Waals surface area contributed by atoms with Gasteiger partial charge in [0, 0.05) is 31.4 Å². The molecule has 0 bridgehead atoms. The summed E-state index contributed by atoms with van der Waals surface area (Å²) < 4.78 is 27.2. The Morgan fingerprint density at radius 3 is 2.48 bits per heavy atom. The van der Waals surface area contributed by atoms with Gasteiger partial charge in [0.2, 0.25) is 10.0 Å². The van der Waals surface area contributed by atoms with E-state index in [0.29, 0.717) is 23.7 Å². The summed E-state index contributed by atoms with van der Waals surface area (Å²) in [6.45, 7) is 10.8. The smallest absolute Gasteiger partial charge is 0.243 e. The fraction of sp³-hybridized carbons (Fsp3) is 0.600. The molecule has 1 saturated heterocycles. The maximum absolute atomic E-state index is 12.8. The van der Waals surface area contributed by atoms with E-state index in [1.165, 1.54) is 0 Å². The lowest BCUT2D eigenvalue weighted by Crippen LogP contribution is -2.53. The number of benzene rings is 1. The summed E-state index contributed by atoms with van der Waals surface area (Å²) in [6, 6.07) is 3.54. The molecule has 0 amide bonds. The average Bonchev–Trinajstić information content (AvgIpc) is 2.44. The highest BCUT2D eigenvalue weighted by Crippen LogP contribution is 2.25. The zero-order chi connectivity index (χ0) is 15.8. The summed E-state index contributed by atoms with van der Waals surface area (Å²) >= 11 is 0. The van der Waals surface area contributed by atoms with Crippen LogP contribution in [0.1, 0.15) is 25.0 Å². The van der Waals surface area contributed by atoms with E-state index in [2.05, 4.69) is 18.7 Å². The molecule has 2 rings (SSSR count). The minimum Gasteiger partial charge on any atom is -0.398 e. The van der Waals surface area contributed by atoms with Gasteiger partial charge < -0.3 is 5.73 Å². The molecule has 0 aromatic heterocycles. The first-order valence-corrected chi connectivity index (χ1v) is 8.82. The molecule has 0 spiro atoms. The Morgan fingerprint density at radius 1 is 1.29 bits per heavy atom. The monoisotopic (exact) mass is 311 g/mol. The van der Waals surface area contributed by atoms with E-state index >= 15 is 0 Å². The van der Waals surface area contributed by atoms with Crippen LogP contribution in [-0.2, 0) is 10.0 Å². The van der Waals surface area contributed by atoms with Crippen molar-refractivity contribution in [1.29, 1.82) is 0 Å². The Kier molecular flexibility index (Phi) is 4.60. The van der Waals surface area contributed by atoms with E-state index in [1.54, 1.807) is 16.4 Å². The fourth-order valence-electron chi connectivity index (χ4n) is 2.80. The van der Waals surface area contributed by atoms with Crippen LogP contribution < -0.4 is 5.73 Å². The van der Waals surface area contributed by atoms with Gasteiger partial charge in [0.15, 0.2) is 0 Å². The summed E-state index contributed by atoms with van der Waals surface area (Å²) in [5.74, 6) is 0. The van der Waals surface area contributed by atoms with Crippen molar-refractivity contribution >= 4 is 15.7 Å². The van der Waals surface area contributed by atoms with Crippen LogP contribution in [0.4, 0.5) is 5.69 Å². The first-order chi connectivity index (χ1) is 9.77. The molecule has 1 aromatic carbocycles. The van der Waals surface area contributed by atoms with Crippen molar-refractivity contribution in [1.82, 2.24) is 9.21 Å². The van der Waals surface area contributed by atoms with Crippen molar-refractivity contribution in [2.75, 3.05) is 31.9 Å². The van der Waals surface area contributed by atoms with Crippen molar-refractivity contribution < 1.29 is 8.42 Å². The van der Waals surface area contributed by atoms with Gasteiger partial charge in [0.25, 0.3) is 0 Å². The summed E-state index contributed by atoms with van der Waals surface area (Å²) in [7, 11) is -3.46. The van der Waals surface area contributed by atoms with Gasteiger partial charge in [-0.25, -0.2) is 8.42 Å². The van der Waals surface area contributed by atoms with Gasteiger partial charge in [-0.1, -0.05) is 6.92 Å². The molecule has 1 aromatic rings. The molecule has 21 heavy (non-hydrogen) atoms. The van der Waals surface area contributed by atoms with Gasteiger partial charge in [-0.3, -0.25) is 4.90 Å². The lowest BCUT2D eigenvalue weighted by molar-refractivity contribution is 0.135. The molecule has 6 heteroatoms. The number of hydrogen-bond donors (Lipinski definition) is 1. The second kappa shape index (κ2) is 5.94. The third kappa shape index (κ3) is 3.07. The summed E-state index contributed by atoms with van der Waals surface area (Å²) in [5, 5.41) is 0. The molecule has 5 nitrogen and oxygen atoms in total. The quantitative estimate of drug-likeness (QED) is 0.861. The first kappa shape index (κ1) is 16.3. The maximum Gasteiger partial charge on any atom is 0.243 e. The van der Waals surface area contributed by atoms with Gasteiger partial charge in [-0.05, 0) is 50.6 Å². The Morgan fingerprint density at radius 2 is 1.95 bits per heavy atom. The Bertz CT molecular complexity index is 605. The van der Waals surface area contributed by atoms with E-state index < -0.39 is 10.0 Å². The van der Waals surface area contributed by atoms with E-state index in [1.807, 2.05) is 13.8 Å². The molecule has 1 atom stereocenters. The molecule has 1 aliphatic heterocycles. The number of aryl methyl sites for hydroxylation is 1. The number of nitrogens with two attached hydrogens (primary N) is 1. The zero-order valence-electron chi connectivity index (χ0n) is 13.3. The Balaban J connectivity index is 2.31. The minimum absolute atomic E-state index is 0.238. The molecule has 0 radical (unpaired) electrons. The zero-order valence-corrected chi connectivity index (χ0v) is 14.1. The second-order valence-corrected chi connectivity index (χ2v) is 7.73. The molecule has 1 aliphatic rings. The van der Waals surface area contributed by atoms with Crippen molar-refractivity contribution in [3.63, 3.8) is 0 Å². The molecular formula is C15H25N3O2S. The molecule has 2 N–H and O–H groups in total. The van der Waals surface area contributed by atoms with E-state index in [4.69, 9.17) is 5.73 Å². The van der Waals surface area contributed by atoms with Crippen LogP contribution >= 0.6 is 0 Å². The average molecular weight is 311 g/mol. The van der Waals surface area contributed by atoms with E-state index in [-0.39, 0.29) is 6.04 Å². The van der Waals surface area contributed by atoms with Crippen molar-refractivity contribution in [3.05, 3.63) is 23.3 Å². The van der Waals surface area contributed by atoms with Gasteiger partial charge in [-0.15, -0.1) is 0 Å². The standard InChI is InChI=1S/C15H25N3O2S/c1-5-17-6-7-18(10-12(17)3)21(19,20)14-8-11(2)13(4)15(16)9-14/h8-9,12H,5-7,10,16H2,1-4H3. The minimum atomic E-state index is -3.46. The molecule has 1 heterocycles.